The number of aromatic amines is 1. The Labute approximate surface area is 252 Å². The first kappa shape index (κ1) is 33.9. The lowest BCUT2D eigenvalue weighted by atomic mass is 10.3. The Bertz CT molecular complexity index is 2020. The fraction of sp³-hybridized carbons (Fsp3) is 0. The summed E-state index contributed by atoms with van der Waals surface area (Å²) < 4.78 is 0.472. The molecule has 0 unspecified atom stereocenters. The fourth-order valence-electron chi connectivity index (χ4n) is 3.30. The highest BCUT2D eigenvalue weighted by atomic mass is 35.5. The summed E-state index contributed by atoms with van der Waals surface area (Å²) in [6, 6.07) is 13.0. The number of nitrogens with one attached hydrogen (secondary N) is 1. The van der Waals surface area contributed by atoms with Crippen LogP contribution in [0.5, 0.6) is 0 Å². The third-order valence-electron chi connectivity index (χ3n) is 5.09. The zero-order chi connectivity index (χ0) is 30.0. The van der Waals surface area contributed by atoms with E-state index in [1.165, 1.54) is 42.5 Å². The second kappa shape index (κ2) is 13.5. The number of nitrogens with zero attached hydrogens (tertiary/aromatic N) is 8. The number of benzene rings is 3. The quantitative estimate of drug-likeness (QED) is 0.119. The van der Waals surface area contributed by atoms with E-state index in [-0.39, 0.29) is 53.4 Å². The largest absolute Gasteiger partial charge is 0.739 e. The van der Waals surface area contributed by atoms with Gasteiger partial charge in [0.1, 0.15) is 5.52 Å². The first-order valence-electron chi connectivity index (χ1n) is 10.8. The first-order valence-corrected chi connectivity index (χ1v) is 11.9. The van der Waals surface area contributed by atoms with Crippen LogP contribution in [0.25, 0.3) is 33.1 Å². The third kappa shape index (κ3) is 7.30. The van der Waals surface area contributed by atoms with E-state index in [2.05, 4.69) is 15.2 Å². The van der Waals surface area contributed by atoms with Gasteiger partial charge in [0, 0.05) is 48.1 Å². The average molecular weight is 659 g/mol. The van der Waals surface area contributed by atoms with Crippen molar-refractivity contribution in [2.75, 3.05) is 11.5 Å². The monoisotopic (exact) mass is 657 g/mol. The molecular formula is C21H18Cl3N11O8. The van der Waals surface area contributed by atoms with Gasteiger partial charge >= 0.3 is 22.7 Å². The van der Waals surface area contributed by atoms with Crippen LogP contribution in [0, 0.1) is 26.0 Å². The number of halogens is 3. The molecule has 3 aromatic heterocycles. The molecule has 19 nitrogen and oxygen atoms in total. The maximum absolute atomic E-state index is 11.3. The highest BCUT2D eigenvalue weighted by molar-refractivity contribution is 6.31. The number of rotatable bonds is 0. The molecule has 9 N–H and O–H groups in total. The SMILES string of the molecule is Nc1n[n+]([O-])c2cc(Cl)ccc2[n+]1[O-].Nc1nc2ccc(Cl)cc2[n+]([O-])n1.O.O.O=c1[nH][n+]([O-])c2cc(Cl)ccc2[n+]1[O-]. The lowest BCUT2D eigenvalue weighted by molar-refractivity contribution is -0.689. The van der Waals surface area contributed by atoms with E-state index in [1.807, 2.05) is 0 Å². The summed E-state index contributed by atoms with van der Waals surface area (Å²) in [5.41, 5.74) is 10.5. The normalized spacial score (nSPS) is 10.1. The third-order valence-corrected chi connectivity index (χ3v) is 5.80. The minimum Gasteiger partial charge on any atom is -0.739 e. The van der Waals surface area contributed by atoms with E-state index in [1.54, 1.807) is 17.2 Å². The Hall–Kier alpha value is -5.34. The van der Waals surface area contributed by atoms with Crippen molar-refractivity contribution in [3.05, 3.63) is 106 Å². The highest BCUT2D eigenvalue weighted by Crippen LogP contribution is 2.15. The molecule has 0 saturated heterocycles. The summed E-state index contributed by atoms with van der Waals surface area (Å²) >= 11 is 17.0. The zero-order valence-corrected chi connectivity index (χ0v) is 23.3. The lowest BCUT2D eigenvalue weighted by Gasteiger charge is -2.06. The second-order valence-corrected chi connectivity index (χ2v) is 9.08. The van der Waals surface area contributed by atoms with Crippen molar-refractivity contribution in [3.8, 4) is 0 Å². The van der Waals surface area contributed by atoms with Gasteiger partial charge in [0.15, 0.2) is 5.52 Å². The molecule has 0 radical (unpaired) electrons. The molecular weight excluding hydrogens is 641 g/mol. The summed E-state index contributed by atoms with van der Waals surface area (Å²) in [5.74, 6) is -0.445. The molecule has 3 heterocycles. The smallest absolute Gasteiger partial charge is 0.554 e. The Kier molecular flexibility index (Phi) is 10.7. The van der Waals surface area contributed by atoms with Gasteiger partial charge in [-0.3, -0.25) is 5.73 Å². The van der Waals surface area contributed by atoms with Gasteiger partial charge in [0.25, 0.3) is 11.5 Å². The number of hydrogen-bond donors (Lipinski definition) is 3. The number of fused-ring (bicyclic) bond motifs is 3. The van der Waals surface area contributed by atoms with Gasteiger partial charge in [-0.2, -0.15) is 9.52 Å². The summed E-state index contributed by atoms with van der Waals surface area (Å²) in [6.45, 7) is 0. The molecule has 0 bridgehead atoms. The molecule has 0 spiro atoms. The van der Waals surface area contributed by atoms with E-state index in [9.17, 15) is 30.8 Å². The van der Waals surface area contributed by atoms with E-state index in [0.717, 1.165) is 0 Å². The Morgan fingerprint density at radius 3 is 1.74 bits per heavy atom. The van der Waals surface area contributed by atoms with Crippen molar-refractivity contribution >= 4 is 79.8 Å². The molecule has 0 aliphatic carbocycles. The molecule has 3 aromatic carbocycles. The number of nitrogens with two attached hydrogens (primary N) is 2. The zero-order valence-electron chi connectivity index (χ0n) is 21.0. The van der Waals surface area contributed by atoms with Crippen LogP contribution in [0.1, 0.15) is 0 Å². The predicted octanol–water partition coefficient (Wildman–Crippen LogP) is -1.97. The summed E-state index contributed by atoms with van der Waals surface area (Å²) in [4.78, 5) is 15.6. The molecule has 0 amide bonds. The second-order valence-electron chi connectivity index (χ2n) is 7.77. The molecule has 0 fully saturated rings. The van der Waals surface area contributed by atoms with Crippen molar-refractivity contribution in [1.82, 2.24) is 20.3 Å². The molecule has 226 valence electrons. The number of H-pyrrole nitrogens is 1. The minimum atomic E-state index is -1.02. The van der Waals surface area contributed by atoms with Gasteiger partial charge in [-0.05, 0) is 41.2 Å². The van der Waals surface area contributed by atoms with Crippen LogP contribution in [0.15, 0.2) is 59.4 Å². The Balaban J connectivity index is 0.000000220. The van der Waals surface area contributed by atoms with E-state index < -0.39 is 11.6 Å². The minimum absolute atomic E-state index is 0. The van der Waals surface area contributed by atoms with Crippen LogP contribution in [0.3, 0.4) is 0 Å². The maximum Gasteiger partial charge on any atom is 0.554 e. The molecule has 0 atom stereocenters. The maximum atomic E-state index is 11.3. The van der Waals surface area contributed by atoms with Crippen molar-refractivity contribution < 1.29 is 34.9 Å². The molecule has 0 aliphatic rings. The Morgan fingerprint density at radius 1 is 0.651 bits per heavy atom. The summed E-state index contributed by atoms with van der Waals surface area (Å²) in [6.07, 6.45) is 0. The van der Waals surface area contributed by atoms with Crippen LogP contribution in [-0.2, 0) is 0 Å². The van der Waals surface area contributed by atoms with Crippen molar-refractivity contribution in [3.63, 3.8) is 0 Å². The van der Waals surface area contributed by atoms with Gasteiger partial charge in [0.2, 0.25) is 10.6 Å². The molecule has 6 aromatic rings. The molecule has 43 heavy (non-hydrogen) atoms. The molecule has 6 rings (SSSR count). The molecule has 0 saturated carbocycles. The standard InChI is InChI=1S/C7H5ClN4O2.C7H5ClN4O.C7H4ClN3O3.2H2O/c8-4-1-2-5-6(3-4)12(14)10-7(9)11(5)13;8-4-1-2-5-6(3-4)12(13)11-7(9)10-5;8-4-1-2-5-6(3-4)11(14)9-7(12)10(5)13;;/h1-3H,(H2,9,10);1-3H,(H2,9,10,11);1-3H,(H,9,12);2*1H2. The van der Waals surface area contributed by atoms with Gasteiger partial charge in [-0.25, -0.2) is 9.71 Å². The van der Waals surface area contributed by atoms with Crippen LogP contribution < -0.4 is 41.2 Å². The van der Waals surface area contributed by atoms with Gasteiger partial charge in [-0.15, -0.1) is 0 Å². The predicted molar refractivity (Wildman–Crippen MR) is 152 cm³/mol. The van der Waals surface area contributed by atoms with Gasteiger partial charge < -0.3 is 42.7 Å². The van der Waals surface area contributed by atoms with E-state index in [4.69, 9.17) is 46.3 Å². The van der Waals surface area contributed by atoms with E-state index in [0.29, 0.717) is 35.7 Å². The first-order chi connectivity index (χ1) is 19.3. The average Bonchev–Trinajstić information content (AvgIpc) is 2.92. The van der Waals surface area contributed by atoms with Crippen LogP contribution in [0.2, 0.25) is 15.1 Å². The number of anilines is 2. The number of hydrogen-bond acceptors (Lipinski definition) is 11. The summed E-state index contributed by atoms with van der Waals surface area (Å²) in [5, 5.41) is 65.7. The van der Waals surface area contributed by atoms with Gasteiger partial charge in [-0.1, -0.05) is 34.8 Å². The van der Waals surface area contributed by atoms with Crippen LogP contribution >= 0.6 is 34.8 Å². The van der Waals surface area contributed by atoms with Gasteiger partial charge in [0.05, 0.1) is 5.10 Å². The highest BCUT2D eigenvalue weighted by Gasteiger charge is 2.17. The molecule has 0 aliphatic heterocycles. The molecule has 22 heteroatoms. The Morgan fingerprint density at radius 2 is 1.14 bits per heavy atom. The van der Waals surface area contributed by atoms with Crippen molar-refractivity contribution in [1.29, 1.82) is 0 Å². The fourth-order valence-corrected chi connectivity index (χ4v) is 3.80. The van der Waals surface area contributed by atoms with Crippen molar-refractivity contribution in [2.24, 2.45) is 0 Å². The number of nitrogen functional groups attached to an aromatic ring is 2. The lowest BCUT2D eigenvalue weighted by Crippen LogP contribution is -2.55. The topological polar surface area (TPSA) is 321 Å². The van der Waals surface area contributed by atoms with Crippen molar-refractivity contribution in [2.45, 2.75) is 0 Å². The number of aromatic nitrogens is 9. The van der Waals surface area contributed by atoms with E-state index >= 15 is 0 Å². The van der Waals surface area contributed by atoms with Crippen LogP contribution in [0.4, 0.5) is 11.9 Å². The summed E-state index contributed by atoms with van der Waals surface area (Å²) in [7, 11) is 0. The van der Waals surface area contributed by atoms with Crippen LogP contribution in [-0.4, -0.2) is 31.2 Å².